The van der Waals surface area contributed by atoms with E-state index in [1.54, 1.807) is 12.1 Å². The minimum atomic E-state index is 0.192. The van der Waals surface area contributed by atoms with Crippen molar-refractivity contribution in [3.8, 4) is 16.9 Å². The average molecular weight is 246 g/mol. The number of H-pyrrole nitrogens is 1. The number of fused-ring (bicyclic) bond motifs is 1. The van der Waals surface area contributed by atoms with Gasteiger partial charge in [0.2, 0.25) is 0 Å². The van der Waals surface area contributed by atoms with Crippen LogP contribution >= 0.6 is 11.6 Å². The first-order chi connectivity index (χ1) is 8.27. The Morgan fingerprint density at radius 2 is 1.88 bits per heavy atom. The monoisotopic (exact) mass is 245 g/mol. The maximum Gasteiger partial charge on any atom is 0.132 e. The highest BCUT2D eigenvalue weighted by Crippen LogP contribution is 2.36. The second-order valence-corrected chi connectivity index (χ2v) is 4.03. The van der Waals surface area contributed by atoms with Crippen LogP contribution in [0, 0.1) is 0 Å². The van der Waals surface area contributed by atoms with E-state index in [1.165, 1.54) is 0 Å². The fourth-order valence-corrected chi connectivity index (χ4v) is 2.10. The first-order valence-electron chi connectivity index (χ1n) is 5.05. The molecule has 3 rings (SSSR count). The Labute approximate surface area is 102 Å². The number of aromatic hydroxyl groups is 1. The molecule has 0 amide bonds. The number of halogens is 1. The second-order valence-electron chi connectivity index (χ2n) is 3.65. The Morgan fingerprint density at radius 1 is 1.06 bits per heavy atom. The number of hydrogen-bond donors (Lipinski definition) is 2. The van der Waals surface area contributed by atoms with Gasteiger partial charge in [0, 0.05) is 11.1 Å². The topological polar surface area (TPSA) is 61.8 Å². The third-order valence-electron chi connectivity index (χ3n) is 2.63. The number of aromatic nitrogens is 3. The summed E-state index contributed by atoms with van der Waals surface area (Å²) in [4.78, 5) is 0. The van der Waals surface area contributed by atoms with Crippen molar-refractivity contribution < 1.29 is 5.11 Å². The van der Waals surface area contributed by atoms with E-state index in [9.17, 15) is 5.11 Å². The highest BCUT2D eigenvalue weighted by atomic mass is 35.5. The van der Waals surface area contributed by atoms with Crippen molar-refractivity contribution in [3.05, 3.63) is 41.4 Å². The summed E-state index contributed by atoms with van der Waals surface area (Å²) in [5.74, 6) is 0.192. The minimum Gasteiger partial charge on any atom is -0.507 e. The second kappa shape index (κ2) is 3.75. The average Bonchev–Trinajstić information content (AvgIpc) is 2.80. The molecule has 1 aromatic heterocycles. The highest BCUT2D eigenvalue weighted by molar-refractivity contribution is 6.37. The molecule has 84 valence electrons. The number of hydrogen-bond acceptors (Lipinski definition) is 3. The predicted octanol–water partition coefficient (Wildman–Crippen LogP) is 2.98. The van der Waals surface area contributed by atoms with Crippen molar-refractivity contribution in [1.82, 2.24) is 15.4 Å². The molecule has 1 heterocycles. The van der Waals surface area contributed by atoms with Crippen molar-refractivity contribution in [2.24, 2.45) is 0 Å². The van der Waals surface area contributed by atoms with Crippen LogP contribution in [0.1, 0.15) is 0 Å². The van der Waals surface area contributed by atoms with E-state index in [-0.39, 0.29) is 5.75 Å². The Hall–Kier alpha value is -2.07. The van der Waals surface area contributed by atoms with Gasteiger partial charge in [-0.15, -0.1) is 5.10 Å². The fraction of sp³-hybridized carbons (Fsp3) is 0. The van der Waals surface area contributed by atoms with Gasteiger partial charge in [0.05, 0.1) is 10.5 Å². The van der Waals surface area contributed by atoms with Crippen LogP contribution < -0.4 is 0 Å². The number of aromatic amines is 1. The lowest BCUT2D eigenvalue weighted by Crippen LogP contribution is -1.82. The van der Waals surface area contributed by atoms with Gasteiger partial charge in [-0.25, -0.2) is 0 Å². The Kier molecular flexibility index (Phi) is 2.23. The third kappa shape index (κ3) is 1.54. The molecule has 0 fully saturated rings. The molecule has 0 aliphatic heterocycles. The molecular weight excluding hydrogens is 238 g/mol. The van der Waals surface area contributed by atoms with Gasteiger partial charge in [-0.2, -0.15) is 0 Å². The molecule has 0 saturated heterocycles. The van der Waals surface area contributed by atoms with Crippen LogP contribution in [0.3, 0.4) is 0 Å². The van der Waals surface area contributed by atoms with E-state index in [4.69, 9.17) is 11.6 Å². The van der Waals surface area contributed by atoms with Gasteiger partial charge >= 0.3 is 0 Å². The van der Waals surface area contributed by atoms with Crippen molar-refractivity contribution in [3.63, 3.8) is 0 Å². The molecular formula is C12H8ClN3O. The normalized spacial score (nSPS) is 10.9. The number of phenols is 1. The van der Waals surface area contributed by atoms with Crippen LogP contribution in [0.2, 0.25) is 5.02 Å². The zero-order chi connectivity index (χ0) is 11.8. The summed E-state index contributed by atoms with van der Waals surface area (Å²) in [6.45, 7) is 0. The molecule has 2 aromatic carbocycles. The van der Waals surface area contributed by atoms with Crippen molar-refractivity contribution >= 4 is 22.6 Å². The van der Waals surface area contributed by atoms with Gasteiger partial charge in [0.1, 0.15) is 11.3 Å². The SMILES string of the molecule is Oc1ccccc1-c1ccc2[nH]nnc2c1Cl. The van der Waals surface area contributed by atoms with Crippen LogP contribution in [0.4, 0.5) is 0 Å². The molecule has 0 bridgehead atoms. The van der Waals surface area contributed by atoms with Gasteiger partial charge in [-0.3, -0.25) is 5.10 Å². The van der Waals surface area contributed by atoms with Gasteiger partial charge in [0.15, 0.2) is 0 Å². The summed E-state index contributed by atoms with van der Waals surface area (Å²) in [5, 5.41) is 20.7. The van der Waals surface area contributed by atoms with Crippen molar-refractivity contribution in [2.45, 2.75) is 0 Å². The molecule has 3 aromatic rings. The summed E-state index contributed by atoms with van der Waals surface area (Å²) in [7, 11) is 0. The smallest absolute Gasteiger partial charge is 0.132 e. The fourth-order valence-electron chi connectivity index (χ4n) is 1.79. The van der Waals surface area contributed by atoms with Crippen molar-refractivity contribution in [1.29, 1.82) is 0 Å². The number of rotatable bonds is 1. The van der Waals surface area contributed by atoms with Gasteiger partial charge in [-0.1, -0.05) is 41.1 Å². The minimum absolute atomic E-state index is 0.192. The molecule has 4 nitrogen and oxygen atoms in total. The summed E-state index contributed by atoms with van der Waals surface area (Å²) in [6.07, 6.45) is 0. The van der Waals surface area contributed by atoms with Crippen LogP contribution in [-0.2, 0) is 0 Å². The number of nitrogens with one attached hydrogen (secondary N) is 1. The molecule has 0 atom stereocenters. The summed E-state index contributed by atoms with van der Waals surface area (Å²) in [6, 6.07) is 10.7. The lowest BCUT2D eigenvalue weighted by molar-refractivity contribution is 0.477. The largest absolute Gasteiger partial charge is 0.507 e. The first-order valence-corrected chi connectivity index (χ1v) is 5.43. The molecule has 2 N–H and O–H groups in total. The zero-order valence-corrected chi connectivity index (χ0v) is 9.44. The maximum absolute atomic E-state index is 9.81. The molecule has 0 aliphatic carbocycles. The van der Waals surface area contributed by atoms with Crippen LogP contribution in [0.15, 0.2) is 36.4 Å². The van der Waals surface area contributed by atoms with E-state index in [0.717, 1.165) is 11.1 Å². The number of benzene rings is 2. The van der Waals surface area contributed by atoms with Gasteiger partial charge in [0.25, 0.3) is 0 Å². The lowest BCUT2D eigenvalue weighted by atomic mass is 10.0. The molecule has 0 saturated carbocycles. The molecule has 0 unspecified atom stereocenters. The van der Waals surface area contributed by atoms with E-state index in [0.29, 0.717) is 16.1 Å². The summed E-state index contributed by atoms with van der Waals surface area (Å²) in [5.41, 5.74) is 2.80. The first kappa shape index (κ1) is 10.1. The van der Waals surface area contributed by atoms with Crippen molar-refractivity contribution in [2.75, 3.05) is 0 Å². The number of para-hydroxylation sites is 1. The van der Waals surface area contributed by atoms with Gasteiger partial charge < -0.3 is 5.11 Å². The molecule has 0 aliphatic rings. The molecule has 0 radical (unpaired) electrons. The Bertz CT molecular complexity index is 693. The summed E-state index contributed by atoms with van der Waals surface area (Å²) < 4.78 is 0. The van der Waals surface area contributed by atoms with Crippen LogP contribution in [-0.4, -0.2) is 20.5 Å². The quantitative estimate of drug-likeness (QED) is 0.693. The maximum atomic E-state index is 9.81. The molecule has 17 heavy (non-hydrogen) atoms. The van der Waals surface area contributed by atoms with E-state index >= 15 is 0 Å². The third-order valence-corrected chi connectivity index (χ3v) is 3.01. The molecule has 0 spiro atoms. The highest BCUT2D eigenvalue weighted by Gasteiger charge is 2.12. The standard InChI is InChI=1S/C12H8ClN3O/c13-11-8(7-3-1-2-4-10(7)17)5-6-9-12(11)15-16-14-9/h1-6,17H,(H,14,15,16). The number of phenolic OH excluding ortho intramolecular Hbond substituents is 1. The Morgan fingerprint density at radius 3 is 2.71 bits per heavy atom. The zero-order valence-electron chi connectivity index (χ0n) is 8.68. The molecule has 5 heteroatoms. The number of nitrogens with zero attached hydrogens (tertiary/aromatic N) is 2. The van der Waals surface area contributed by atoms with Crippen LogP contribution in [0.5, 0.6) is 5.75 Å². The Balaban J connectivity index is 2.31. The predicted molar refractivity (Wildman–Crippen MR) is 66.0 cm³/mol. The van der Waals surface area contributed by atoms with Gasteiger partial charge in [-0.05, 0) is 12.1 Å². The summed E-state index contributed by atoms with van der Waals surface area (Å²) >= 11 is 6.26. The van der Waals surface area contributed by atoms with E-state index in [1.807, 2.05) is 24.3 Å². The van der Waals surface area contributed by atoms with E-state index in [2.05, 4.69) is 15.4 Å². The van der Waals surface area contributed by atoms with E-state index < -0.39 is 0 Å². The lowest BCUT2D eigenvalue weighted by Gasteiger charge is -2.06. The van der Waals surface area contributed by atoms with Crippen LogP contribution in [0.25, 0.3) is 22.2 Å².